The molecule has 0 aliphatic rings. The van der Waals surface area contributed by atoms with E-state index in [-0.39, 0.29) is 11.2 Å². The van der Waals surface area contributed by atoms with Gasteiger partial charge in [-0.05, 0) is 17.5 Å². The molecular formula is C8H13ClN4. The largest absolute Gasteiger partial charge is 0.368 e. The number of rotatable bonds is 3. The quantitative estimate of drug-likeness (QED) is 0.807. The number of anilines is 1. The molecule has 13 heavy (non-hydrogen) atoms. The topological polar surface area (TPSA) is 64.7 Å². The third-order valence-electron chi connectivity index (χ3n) is 1.90. The van der Waals surface area contributed by atoms with Gasteiger partial charge in [-0.15, -0.1) is 0 Å². The molecule has 0 spiro atoms. The highest BCUT2D eigenvalue weighted by Gasteiger charge is 2.06. The number of hydrogen-bond donors (Lipinski definition) is 1. The Bertz CT molecular complexity index is 269. The van der Waals surface area contributed by atoms with Crippen LogP contribution in [0.25, 0.3) is 0 Å². The van der Waals surface area contributed by atoms with Crippen LogP contribution in [0.4, 0.5) is 5.95 Å². The van der Waals surface area contributed by atoms with Crippen LogP contribution in [0, 0.1) is 5.92 Å². The number of halogens is 1. The maximum absolute atomic E-state index is 5.63. The number of nitrogens with zero attached hydrogens (tertiary/aromatic N) is 3. The van der Waals surface area contributed by atoms with E-state index >= 15 is 0 Å². The van der Waals surface area contributed by atoms with E-state index in [1.807, 2.05) is 0 Å². The summed E-state index contributed by atoms with van der Waals surface area (Å²) in [5.74, 6) is 1.41. The third-order valence-corrected chi connectivity index (χ3v) is 2.07. The van der Waals surface area contributed by atoms with Gasteiger partial charge in [-0.3, -0.25) is 0 Å². The predicted molar refractivity (Wildman–Crippen MR) is 52.4 cm³/mol. The van der Waals surface area contributed by atoms with Crippen molar-refractivity contribution in [3.8, 4) is 0 Å². The SMILES string of the molecule is CCC(C)Cc1nc(N)nc(Cl)n1. The van der Waals surface area contributed by atoms with Gasteiger partial charge in [0.1, 0.15) is 5.82 Å². The lowest BCUT2D eigenvalue weighted by molar-refractivity contribution is 0.542. The van der Waals surface area contributed by atoms with Crippen LogP contribution in [0.2, 0.25) is 5.28 Å². The summed E-state index contributed by atoms with van der Waals surface area (Å²) in [4.78, 5) is 11.7. The van der Waals surface area contributed by atoms with Crippen LogP contribution in [0.15, 0.2) is 0 Å². The van der Waals surface area contributed by atoms with Crippen molar-refractivity contribution in [3.63, 3.8) is 0 Å². The van der Waals surface area contributed by atoms with Crippen LogP contribution >= 0.6 is 11.6 Å². The van der Waals surface area contributed by atoms with Gasteiger partial charge in [-0.25, -0.2) is 4.98 Å². The van der Waals surface area contributed by atoms with Crippen molar-refractivity contribution in [3.05, 3.63) is 11.1 Å². The summed E-state index contributed by atoms with van der Waals surface area (Å²) in [5, 5.41) is 0.172. The third kappa shape index (κ3) is 3.14. The minimum Gasteiger partial charge on any atom is -0.368 e. The van der Waals surface area contributed by atoms with Gasteiger partial charge < -0.3 is 5.73 Å². The zero-order chi connectivity index (χ0) is 9.84. The Labute approximate surface area is 82.6 Å². The minimum atomic E-state index is 0.172. The second-order valence-electron chi connectivity index (χ2n) is 3.10. The molecule has 2 N–H and O–H groups in total. The first-order valence-electron chi connectivity index (χ1n) is 4.27. The number of nitrogens with two attached hydrogens (primary N) is 1. The highest BCUT2D eigenvalue weighted by molar-refractivity contribution is 6.28. The molecule has 5 heteroatoms. The Kier molecular flexibility index (Phi) is 3.42. The molecule has 0 fully saturated rings. The Morgan fingerprint density at radius 1 is 1.38 bits per heavy atom. The lowest BCUT2D eigenvalue weighted by Crippen LogP contribution is -2.07. The standard InChI is InChI=1S/C8H13ClN4/c1-3-5(2)4-6-11-7(9)13-8(10)12-6/h5H,3-4H2,1-2H3,(H2,10,11,12,13). The van der Waals surface area contributed by atoms with Crippen LogP contribution in [0.3, 0.4) is 0 Å². The van der Waals surface area contributed by atoms with Crippen molar-refractivity contribution in [2.45, 2.75) is 26.7 Å². The first kappa shape index (κ1) is 10.2. The van der Waals surface area contributed by atoms with E-state index in [4.69, 9.17) is 17.3 Å². The Balaban J connectivity index is 2.77. The van der Waals surface area contributed by atoms with Crippen LogP contribution in [0.5, 0.6) is 0 Å². The molecule has 1 atom stereocenters. The van der Waals surface area contributed by atoms with E-state index in [0.29, 0.717) is 11.7 Å². The molecule has 0 amide bonds. The molecular weight excluding hydrogens is 188 g/mol. The fourth-order valence-electron chi connectivity index (χ4n) is 0.956. The van der Waals surface area contributed by atoms with Gasteiger partial charge >= 0.3 is 0 Å². The summed E-state index contributed by atoms with van der Waals surface area (Å²) in [6.45, 7) is 4.25. The smallest absolute Gasteiger partial charge is 0.227 e. The molecule has 0 aromatic carbocycles. The first-order valence-corrected chi connectivity index (χ1v) is 4.65. The van der Waals surface area contributed by atoms with Crippen LogP contribution in [0.1, 0.15) is 26.1 Å². The number of nitrogen functional groups attached to an aromatic ring is 1. The van der Waals surface area contributed by atoms with Crippen molar-refractivity contribution in [1.82, 2.24) is 15.0 Å². The fourth-order valence-corrected chi connectivity index (χ4v) is 1.14. The van der Waals surface area contributed by atoms with Crippen LogP contribution in [-0.2, 0) is 6.42 Å². The molecule has 0 saturated heterocycles. The Hall–Kier alpha value is -0.900. The summed E-state index contributed by atoms with van der Waals surface area (Å²) in [7, 11) is 0. The molecule has 4 nitrogen and oxygen atoms in total. The average Bonchev–Trinajstić information content (AvgIpc) is 2.02. The highest BCUT2D eigenvalue weighted by atomic mass is 35.5. The first-order chi connectivity index (χ1) is 6.11. The molecule has 1 rings (SSSR count). The van der Waals surface area contributed by atoms with E-state index in [9.17, 15) is 0 Å². The summed E-state index contributed by atoms with van der Waals surface area (Å²) in [6.07, 6.45) is 1.88. The maximum Gasteiger partial charge on any atom is 0.227 e. The zero-order valence-electron chi connectivity index (χ0n) is 7.79. The van der Waals surface area contributed by atoms with Crippen molar-refractivity contribution in [2.24, 2.45) is 5.92 Å². The Morgan fingerprint density at radius 2 is 2.08 bits per heavy atom. The summed E-state index contributed by atoms with van der Waals surface area (Å²) in [6, 6.07) is 0. The van der Waals surface area contributed by atoms with Gasteiger partial charge in [0.25, 0.3) is 0 Å². The molecule has 1 unspecified atom stereocenters. The summed E-state index contributed by atoms with van der Waals surface area (Å²) >= 11 is 5.63. The normalized spacial score (nSPS) is 12.8. The van der Waals surface area contributed by atoms with E-state index in [0.717, 1.165) is 12.8 Å². The fraction of sp³-hybridized carbons (Fsp3) is 0.625. The maximum atomic E-state index is 5.63. The zero-order valence-corrected chi connectivity index (χ0v) is 8.54. The van der Waals surface area contributed by atoms with E-state index in [1.165, 1.54) is 0 Å². The van der Waals surface area contributed by atoms with Crippen LogP contribution < -0.4 is 5.73 Å². The van der Waals surface area contributed by atoms with Gasteiger partial charge in [-0.1, -0.05) is 20.3 Å². The van der Waals surface area contributed by atoms with Crippen molar-refractivity contribution >= 4 is 17.5 Å². The lowest BCUT2D eigenvalue weighted by atomic mass is 10.1. The van der Waals surface area contributed by atoms with Gasteiger partial charge in [0.05, 0.1) is 0 Å². The van der Waals surface area contributed by atoms with Crippen LogP contribution in [-0.4, -0.2) is 15.0 Å². The minimum absolute atomic E-state index is 0.172. The van der Waals surface area contributed by atoms with E-state index in [2.05, 4.69) is 28.8 Å². The van der Waals surface area contributed by atoms with E-state index in [1.54, 1.807) is 0 Å². The molecule has 0 radical (unpaired) electrons. The number of aromatic nitrogens is 3. The molecule has 0 saturated carbocycles. The number of hydrogen-bond acceptors (Lipinski definition) is 4. The molecule has 0 aliphatic heterocycles. The van der Waals surface area contributed by atoms with E-state index < -0.39 is 0 Å². The molecule has 1 aromatic rings. The molecule has 0 aliphatic carbocycles. The lowest BCUT2D eigenvalue weighted by Gasteiger charge is -2.06. The summed E-state index contributed by atoms with van der Waals surface area (Å²) in [5.41, 5.74) is 5.43. The summed E-state index contributed by atoms with van der Waals surface area (Å²) < 4.78 is 0. The average molecular weight is 201 g/mol. The van der Waals surface area contributed by atoms with Crippen molar-refractivity contribution < 1.29 is 0 Å². The monoisotopic (exact) mass is 200 g/mol. The second kappa shape index (κ2) is 4.37. The van der Waals surface area contributed by atoms with Crippen molar-refractivity contribution in [2.75, 3.05) is 5.73 Å². The molecule has 1 heterocycles. The molecule has 1 aromatic heterocycles. The second-order valence-corrected chi connectivity index (χ2v) is 3.43. The van der Waals surface area contributed by atoms with Gasteiger partial charge in [-0.2, -0.15) is 9.97 Å². The van der Waals surface area contributed by atoms with Gasteiger partial charge in [0.2, 0.25) is 11.2 Å². The Morgan fingerprint density at radius 3 is 2.62 bits per heavy atom. The van der Waals surface area contributed by atoms with Gasteiger partial charge in [0, 0.05) is 6.42 Å². The van der Waals surface area contributed by atoms with Gasteiger partial charge in [0.15, 0.2) is 0 Å². The molecule has 0 bridgehead atoms. The molecule has 72 valence electrons. The highest BCUT2D eigenvalue weighted by Crippen LogP contribution is 2.10. The van der Waals surface area contributed by atoms with Crippen molar-refractivity contribution in [1.29, 1.82) is 0 Å². The predicted octanol–water partition coefficient (Wildman–Crippen LogP) is 1.70.